The molecule has 2 N–H and O–H groups in total. The lowest BCUT2D eigenvalue weighted by atomic mass is 9.98. The minimum atomic E-state index is -0.442. The third-order valence-corrected chi connectivity index (χ3v) is 5.43. The van der Waals surface area contributed by atoms with E-state index >= 15 is 0 Å². The summed E-state index contributed by atoms with van der Waals surface area (Å²) < 4.78 is 0. The van der Waals surface area contributed by atoms with Crippen molar-refractivity contribution in [1.29, 1.82) is 0 Å². The predicted octanol–water partition coefficient (Wildman–Crippen LogP) is 5.02. The van der Waals surface area contributed by atoms with Crippen molar-refractivity contribution in [3.8, 4) is 0 Å². The van der Waals surface area contributed by atoms with Gasteiger partial charge in [-0.15, -0.1) is 12.4 Å². The number of benzene rings is 2. The number of aliphatic hydroxyl groups excluding tert-OH is 1. The Hall–Kier alpha value is -1.35. The second-order valence-corrected chi connectivity index (χ2v) is 7.56. The van der Waals surface area contributed by atoms with E-state index in [2.05, 4.69) is 67.7 Å². The van der Waals surface area contributed by atoms with Crippen molar-refractivity contribution in [2.45, 2.75) is 70.6 Å². The zero-order chi connectivity index (χ0) is 17.6. The van der Waals surface area contributed by atoms with Crippen LogP contribution in [0.4, 0.5) is 0 Å². The first-order valence-corrected chi connectivity index (χ1v) is 9.73. The van der Waals surface area contributed by atoms with Crippen molar-refractivity contribution in [2.75, 3.05) is 0 Å². The normalized spacial score (nSPS) is 16.4. The fourth-order valence-electron chi connectivity index (χ4n) is 3.94. The van der Waals surface area contributed by atoms with Crippen LogP contribution in [0.15, 0.2) is 48.5 Å². The Morgan fingerprint density at radius 2 is 1.73 bits per heavy atom. The molecule has 0 radical (unpaired) electrons. The van der Waals surface area contributed by atoms with Gasteiger partial charge in [-0.2, -0.15) is 0 Å². The van der Waals surface area contributed by atoms with E-state index in [1.165, 1.54) is 36.0 Å². The van der Waals surface area contributed by atoms with Crippen LogP contribution in [0.5, 0.6) is 0 Å². The van der Waals surface area contributed by atoms with Gasteiger partial charge in [-0.3, -0.25) is 0 Å². The van der Waals surface area contributed by atoms with Gasteiger partial charge in [0.2, 0.25) is 0 Å². The number of hydrogen-bond acceptors (Lipinski definition) is 2. The molecule has 0 fully saturated rings. The summed E-state index contributed by atoms with van der Waals surface area (Å²) in [4.78, 5) is 0. The van der Waals surface area contributed by atoms with Crippen LogP contribution in [0.25, 0.3) is 0 Å². The number of hydrogen-bond donors (Lipinski definition) is 2. The molecule has 3 atom stereocenters. The van der Waals surface area contributed by atoms with E-state index in [4.69, 9.17) is 0 Å². The molecule has 0 bridgehead atoms. The van der Waals surface area contributed by atoms with Crippen LogP contribution in [0.2, 0.25) is 0 Å². The highest BCUT2D eigenvalue weighted by Gasteiger charge is 2.20. The summed E-state index contributed by atoms with van der Waals surface area (Å²) in [6.07, 6.45) is 6.57. The zero-order valence-corrected chi connectivity index (χ0v) is 16.8. The van der Waals surface area contributed by atoms with Crippen molar-refractivity contribution >= 4 is 12.4 Å². The highest BCUT2D eigenvalue weighted by Crippen LogP contribution is 2.26. The second kappa shape index (κ2) is 10.1. The third-order valence-electron chi connectivity index (χ3n) is 5.43. The molecule has 1 aliphatic rings. The topological polar surface area (TPSA) is 32.3 Å². The van der Waals surface area contributed by atoms with Crippen molar-refractivity contribution in [3.63, 3.8) is 0 Å². The molecule has 0 heterocycles. The molecule has 3 rings (SSSR count). The Labute approximate surface area is 164 Å². The molecule has 2 aromatic carbocycles. The summed E-state index contributed by atoms with van der Waals surface area (Å²) in [7, 11) is 0. The number of nitrogens with one attached hydrogen (secondary N) is 1. The Morgan fingerprint density at radius 1 is 1.00 bits per heavy atom. The van der Waals surface area contributed by atoms with Crippen LogP contribution < -0.4 is 5.32 Å². The summed E-state index contributed by atoms with van der Waals surface area (Å²) in [6.45, 7) is 4.31. The lowest BCUT2D eigenvalue weighted by molar-refractivity contribution is 0.129. The number of halogens is 1. The average Bonchev–Trinajstić information content (AvgIpc) is 3.09. The van der Waals surface area contributed by atoms with Gasteiger partial charge in [0, 0.05) is 12.1 Å². The maximum absolute atomic E-state index is 10.7. The van der Waals surface area contributed by atoms with Crippen molar-refractivity contribution in [1.82, 2.24) is 5.32 Å². The molecule has 0 aliphatic heterocycles. The van der Waals surface area contributed by atoms with E-state index < -0.39 is 6.10 Å². The molecule has 142 valence electrons. The van der Waals surface area contributed by atoms with Gasteiger partial charge in [-0.1, -0.05) is 48.5 Å². The van der Waals surface area contributed by atoms with Crippen LogP contribution in [0.3, 0.4) is 0 Å². The third kappa shape index (κ3) is 5.57. The molecule has 0 saturated carbocycles. The van der Waals surface area contributed by atoms with E-state index in [0.29, 0.717) is 6.04 Å². The highest BCUT2D eigenvalue weighted by molar-refractivity contribution is 5.85. The first-order chi connectivity index (χ1) is 12.1. The minimum Gasteiger partial charge on any atom is -0.387 e. The molecule has 0 aromatic heterocycles. The lowest BCUT2D eigenvalue weighted by Crippen LogP contribution is -2.38. The molecule has 2 aromatic rings. The average molecular weight is 374 g/mol. The van der Waals surface area contributed by atoms with Gasteiger partial charge in [0.25, 0.3) is 0 Å². The van der Waals surface area contributed by atoms with Gasteiger partial charge in [-0.05, 0) is 74.6 Å². The van der Waals surface area contributed by atoms with Crippen molar-refractivity contribution in [2.24, 2.45) is 0 Å². The molecular formula is C23H32ClNO. The Balaban J connectivity index is 0.00000243. The molecule has 0 saturated heterocycles. The van der Waals surface area contributed by atoms with Crippen molar-refractivity contribution < 1.29 is 5.11 Å². The largest absolute Gasteiger partial charge is 0.387 e. The molecule has 2 nitrogen and oxygen atoms in total. The number of aryl methyl sites for hydroxylation is 3. The quantitative estimate of drug-likeness (QED) is 0.680. The lowest BCUT2D eigenvalue weighted by Gasteiger charge is -2.25. The predicted molar refractivity (Wildman–Crippen MR) is 112 cm³/mol. The summed E-state index contributed by atoms with van der Waals surface area (Å²) in [5, 5.41) is 14.3. The Bertz CT molecular complexity index is 673. The first kappa shape index (κ1) is 21.0. The van der Waals surface area contributed by atoms with Gasteiger partial charge in [-0.25, -0.2) is 0 Å². The molecule has 3 heteroatoms. The standard InChI is InChI=1S/C23H31NO.ClH/c1-17(8-6-11-19-9-4-3-5-10-19)24-18(2)23(25)22-15-14-20-12-7-13-21(20)16-22;/h3-5,9-10,14-18,23-25H,6-8,11-13H2,1-2H3;1H. The maximum atomic E-state index is 10.7. The number of rotatable bonds is 8. The van der Waals surface area contributed by atoms with E-state index in [1.807, 2.05) is 0 Å². The summed E-state index contributed by atoms with van der Waals surface area (Å²) in [5.41, 5.74) is 5.35. The fourth-order valence-corrected chi connectivity index (χ4v) is 3.94. The van der Waals surface area contributed by atoms with Crippen LogP contribution in [-0.4, -0.2) is 17.2 Å². The number of fused-ring (bicyclic) bond motifs is 1. The fraction of sp³-hybridized carbons (Fsp3) is 0.478. The van der Waals surface area contributed by atoms with Crippen molar-refractivity contribution in [3.05, 3.63) is 70.8 Å². The first-order valence-electron chi connectivity index (χ1n) is 9.73. The van der Waals surface area contributed by atoms with E-state index in [0.717, 1.165) is 24.8 Å². The van der Waals surface area contributed by atoms with Crippen LogP contribution in [0.1, 0.15) is 61.5 Å². The maximum Gasteiger partial charge on any atom is 0.0940 e. The van der Waals surface area contributed by atoms with Gasteiger partial charge in [0.1, 0.15) is 0 Å². The molecule has 26 heavy (non-hydrogen) atoms. The molecule has 0 spiro atoms. The molecule has 1 aliphatic carbocycles. The van der Waals surface area contributed by atoms with Crippen LogP contribution in [0, 0.1) is 0 Å². The molecular weight excluding hydrogens is 342 g/mol. The van der Waals surface area contributed by atoms with Gasteiger partial charge >= 0.3 is 0 Å². The summed E-state index contributed by atoms with van der Waals surface area (Å²) in [5.74, 6) is 0. The van der Waals surface area contributed by atoms with Gasteiger partial charge in [0.05, 0.1) is 6.10 Å². The van der Waals surface area contributed by atoms with E-state index in [-0.39, 0.29) is 18.4 Å². The van der Waals surface area contributed by atoms with Crippen LogP contribution >= 0.6 is 12.4 Å². The summed E-state index contributed by atoms with van der Waals surface area (Å²) in [6, 6.07) is 17.6. The van der Waals surface area contributed by atoms with Gasteiger partial charge in [0.15, 0.2) is 0 Å². The zero-order valence-electron chi connectivity index (χ0n) is 15.9. The molecule has 3 unspecified atom stereocenters. The summed E-state index contributed by atoms with van der Waals surface area (Å²) >= 11 is 0. The molecule has 0 amide bonds. The Kier molecular flexibility index (Phi) is 8.15. The number of aliphatic hydroxyl groups is 1. The van der Waals surface area contributed by atoms with E-state index in [9.17, 15) is 5.11 Å². The van der Waals surface area contributed by atoms with E-state index in [1.54, 1.807) is 0 Å². The monoisotopic (exact) mass is 373 g/mol. The van der Waals surface area contributed by atoms with Gasteiger partial charge < -0.3 is 10.4 Å². The minimum absolute atomic E-state index is 0. The smallest absolute Gasteiger partial charge is 0.0940 e. The second-order valence-electron chi connectivity index (χ2n) is 7.56. The van der Waals surface area contributed by atoms with Crippen LogP contribution in [-0.2, 0) is 19.3 Å². The Morgan fingerprint density at radius 3 is 2.50 bits per heavy atom. The SMILES string of the molecule is CC(CCCc1ccccc1)NC(C)C(O)c1ccc2c(c1)CCC2.Cl. The highest BCUT2D eigenvalue weighted by atomic mass is 35.5.